The van der Waals surface area contributed by atoms with Crippen LogP contribution in [0, 0.1) is 11.2 Å². The third-order valence-electron chi connectivity index (χ3n) is 5.82. The highest BCUT2D eigenvalue weighted by atomic mass is 19.1. The lowest BCUT2D eigenvalue weighted by Crippen LogP contribution is -2.45. The van der Waals surface area contributed by atoms with Crippen LogP contribution in [-0.2, 0) is 14.3 Å². The van der Waals surface area contributed by atoms with Gasteiger partial charge in [-0.15, -0.1) is 0 Å². The Balaban J connectivity index is 1.43. The van der Waals surface area contributed by atoms with Crippen LogP contribution in [0.2, 0.25) is 0 Å². The van der Waals surface area contributed by atoms with Crippen LogP contribution < -0.4 is 10.6 Å². The number of hydrogen-bond donors (Lipinski definition) is 3. The highest BCUT2D eigenvalue weighted by molar-refractivity contribution is 5.77. The Hall–Kier alpha value is -3.37. The van der Waals surface area contributed by atoms with Crippen LogP contribution >= 0.6 is 0 Å². The van der Waals surface area contributed by atoms with Gasteiger partial charge in [0.05, 0.1) is 30.3 Å². The first kappa shape index (κ1) is 22.4. The highest BCUT2D eigenvalue weighted by Crippen LogP contribution is 2.35. The fourth-order valence-electron chi connectivity index (χ4n) is 3.72. The molecular formula is C24H27FN6O3. The number of aromatic amines is 1. The molecule has 0 radical (unpaired) electrons. The molecule has 0 atom stereocenters. The zero-order valence-electron chi connectivity index (χ0n) is 19.1. The minimum atomic E-state index is -0.704. The van der Waals surface area contributed by atoms with Crippen molar-refractivity contribution in [2.45, 2.75) is 39.0 Å². The standard InChI is InChI=1S/C24H27FN6O3/c1-14(32)27-11-24(2)12-33-22(34-13-24)21-30-19(15-3-5-16(25)6-4-15)20(31-21)18-9-10-26-23(29-18)28-17-7-8-17/h3-6,9-10,17,22H,7-8,11-13H2,1-2H3,(H,27,32)(H,30,31)(H,26,28,29). The van der Waals surface area contributed by atoms with Crippen LogP contribution in [0.3, 0.4) is 0 Å². The molecule has 1 saturated carbocycles. The first-order chi connectivity index (χ1) is 16.4. The third kappa shape index (κ3) is 5.07. The van der Waals surface area contributed by atoms with Crippen molar-refractivity contribution in [3.63, 3.8) is 0 Å². The number of benzene rings is 1. The molecule has 2 aromatic heterocycles. The van der Waals surface area contributed by atoms with Crippen molar-refractivity contribution in [1.82, 2.24) is 25.3 Å². The number of halogens is 1. The summed E-state index contributed by atoms with van der Waals surface area (Å²) in [6.45, 7) is 4.71. The first-order valence-corrected chi connectivity index (χ1v) is 11.3. The van der Waals surface area contributed by atoms with E-state index in [0.29, 0.717) is 54.7 Å². The van der Waals surface area contributed by atoms with Crippen molar-refractivity contribution in [2.24, 2.45) is 5.41 Å². The molecule has 5 rings (SSSR count). The van der Waals surface area contributed by atoms with Crippen LogP contribution in [0.4, 0.5) is 10.3 Å². The molecule has 0 bridgehead atoms. The lowest BCUT2D eigenvalue weighted by atomic mass is 9.92. The van der Waals surface area contributed by atoms with Crippen LogP contribution in [0.25, 0.3) is 22.6 Å². The predicted octanol–water partition coefficient (Wildman–Crippen LogP) is 3.43. The Bertz CT molecular complexity index is 1170. The molecule has 10 heteroatoms. The molecule has 3 heterocycles. The van der Waals surface area contributed by atoms with Gasteiger partial charge in [-0.1, -0.05) is 6.92 Å². The second kappa shape index (κ2) is 9.11. The van der Waals surface area contributed by atoms with Gasteiger partial charge in [-0.2, -0.15) is 0 Å². The summed E-state index contributed by atoms with van der Waals surface area (Å²) in [6.07, 6.45) is 3.21. The molecule has 2 aliphatic rings. The van der Waals surface area contributed by atoms with Crippen molar-refractivity contribution >= 4 is 11.9 Å². The molecule has 0 unspecified atom stereocenters. The number of H-pyrrole nitrogens is 1. The van der Waals surface area contributed by atoms with Gasteiger partial charge in [0.1, 0.15) is 5.82 Å². The average molecular weight is 467 g/mol. The Morgan fingerprint density at radius 3 is 2.59 bits per heavy atom. The van der Waals surface area contributed by atoms with E-state index in [2.05, 4.69) is 25.6 Å². The maximum Gasteiger partial charge on any atom is 0.223 e. The molecular weight excluding hydrogens is 439 g/mol. The van der Waals surface area contributed by atoms with Gasteiger partial charge in [-0.05, 0) is 43.2 Å². The number of nitrogens with zero attached hydrogens (tertiary/aromatic N) is 3. The number of anilines is 1. The van der Waals surface area contributed by atoms with Crippen LogP contribution in [0.15, 0.2) is 36.5 Å². The minimum Gasteiger partial charge on any atom is -0.356 e. The van der Waals surface area contributed by atoms with Gasteiger partial charge < -0.3 is 25.1 Å². The van der Waals surface area contributed by atoms with Crippen molar-refractivity contribution in [1.29, 1.82) is 0 Å². The number of ether oxygens (including phenoxy) is 2. The summed E-state index contributed by atoms with van der Waals surface area (Å²) < 4.78 is 25.5. The number of amides is 1. The molecule has 34 heavy (non-hydrogen) atoms. The van der Waals surface area contributed by atoms with E-state index in [1.54, 1.807) is 24.4 Å². The molecule has 0 spiro atoms. The van der Waals surface area contributed by atoms with Crippen molar-refractivity contribution in [2.75, 3.05) is 25.1 Å². The lowest BCUT2D eigenvalue weighted by molar-refractivity contribution is -0.232. The maximum absolute atomic E-state index is 13.6. The Morgan fingerprint density at radius 2 is 1.91 bits per heavy atom. The number of carbonyl (C=O) groups is 1. The predicted molar refractivity (Wildman–Crippen MR) is 123 cm³/mol. The quantitative estimate of drug-likeness (QED) is 0.489. The molecule has 1 amide bonds. The SMILES string of the molecule is CC(=O)NCC1(C)COC(c2nc(-c3ccc(F)cc3)c(-c3ccnc(NC4CC4)n3)[nH]2)OC1. The van der Waals surface area contributed by atoms with E-state index in [-0.39, 0.29) is 17.1 Å². The third-order valence-corrected chi connectivity index (χ3v) is 5.82. The molecule has 1 saturated heterocycles. The smallest absolute Gasteiger partial charge is 0.223 e. The van der Waals surface area contributed by atoms with E-state index in [1.165, 1.54) is 19.1 Å². The Morgan fingerprint density at radius 1 is 1.18 bits per heavy atom. The van der Waals surface area contributed by atoms with E-state index >= 15 is 0 Å². The van der Waals surface area contributed by atoms with E-state index in [1.807, 2.05) is 6.92 Å². The summed E-state index contributed by atoms with van der Waals surface area (Å²) in [6, 6.07) is 8.37. The lowest BCUT2D eigenvalue weighted by Gasteiger charge is -2.36. The second-order valence-electron chi connectivity index (χ2n) is 9.21. The largest absolute Gasteiger partial charge is 0.356 e. The molecule has 3 aromatic rings. The first-order valence-electron chi connectivity index (χ1n) is 11.3. The molecule has 2 fully saturated rings. The van der Waals surface area contributed by atoms with Gasteiger partial charge >= 0.3 is 0 Å². The van der Waals surface area contributed by atoms with Gasteiger partial charge in [0.15, 0.2) is 5.82 Å². The second-order valence-corrected chi connectivity index (χ2v) is 9.21. The van der Waals surface area contributed by atoms with E-state index in [0.717, 1.165) is 18.4 Å². The summed E-state index contributed by atoms with van der Waals surface area (Å²) in [4.78, 5) is 28.3. The Kier molecular flexibility index (Phi) is 6.01. The van der Waals surface area contributed by atoms with E-state index in [4.69, 9.17) is 14.5 Å². The van der Waals surface area contributed by atoms with Crippen molar-refractivity contribution in [3.05, 3.63) is 48.2 Å². The van der Waals surface area contributed by atoms with Gasteiger partial charge in [-0.3, -0.25) is 4.79 Å². The normalized spacial score (nSPS) is 22.4. The zero-order valence-corrected chi connectivity index (χ0v) is 19.1. The summed E-state index contributed by atoms with van der Waals surface area (Å²) >= 11 is 0. The van der Waals surface area contributed by atoms with Crippen LogP contribution in [-0.4, -0.2) is 51.6 Å². The maximum atomic E-state index is 13.6. The van der Waals surface area contributed by atoms with Gasteiger partial charge in [-0.25, -0.2) is 19.3 Å². The van der Waals surface area contributed by atoms with E-state index in [9.17, 15) is 9.18 Å². The van der Waals surface area contributed by atoms with Crippen LogP contribution in [0.1, 0.15) is 38.8 Å². The fraction of sp³-hybridized carbons (Fsp3) is 0.417. The highest BCUT2D eigenvalue weighted by Gasteiger charge is 2.35. The number of hydrogen-bond acceptors (Lipinski definition) is 7. The van der Waals surface area contributed by atoms with Gasteiger partial charge in [0, 0.05) is 36.7 Å². The summed E-state index contributed by atoms with van der Waals surface area (Å²) in [7, 11) is 0. The van der Waals surface area contributed by atoms with Crippen molar-refractivity contribution < 1.29 is 18.7 Å². The van der Waals surface area contributed by atoms with Gasteiger partial charge in [0.2, 0.25) is 18.1 Å². The number of rotatable bonds is 7. The summed E-state index contributed by atoms with van der Waals surface area (Å²) in [5.74, 6) is 0.631. The zero-order chi connectivity index (χ0) is 23.7. The number of nitrogens with one attached hydrogen (secondary N) is 3. The number of carbonyl (C=O) groups excluding carboxylic acids is 1. The minimum absolute atomic E-state index is 0.0941. The topological polar surface area (TPSA) is 114 Å². The van der Waals surface area contributed by atoms with Crippen molar-refractivity contribution in [3.8, 4) is 22.6 Å². The average Bonchev–Trinajstić information content (AvgIpc) is 3.53. The summed E-state index contributed by atoms with van der Waals surface area (Å²) in [5, 5.41) is 6.13. The van der Waals surface area contributed by atoms with Crippen LogP contribution in [0.5, 0.6) is 0 Å². The molecule has 3 N–H and O–H groups in total. The molecule has 1 aliphatic heterocycles. The molecule has 9 nitrogen and oxygen atoms in total. The Labute approximate surface area is 196 Å². The molecule has 1 aromatic carbocycles. The van der Waals surface area contributed by atoms with Gasteiger partial charge in [0.25, 0.3) is 0 Å². The number of imidazole rings is 1. The number of aromatic nitrogens is 4. The fourth-order valence-corrected chi connectivity index (χ4v) is 3.72. The molecule has 1 aliphatic carbocycles. The monoisotopic (exact) mass is 466 g/mol. The molecule has 178 valence electrons. The van der Waals surface area contributed by atoms with E-state index < -0.39 is 6.29 Å². The summed E-state index contributed by atoms with van der Waals surface area (Å²) in [5.41, 5.74) is 2.34.